The van der Waals surface area contributed by atoms with E-state index < -0.39 is 17.7 Å². The van der Waals surface area contributed by atoms with E-state index in [1.807, 2.05) is 48.0 Å². The van der Waals surface area contributed by atoms with Crippen LogP contribution < -0.4 is 0 Å². The number of aromatic amines is 1. The van der Waals surface area contributed by atoms with E-state index in [4.69, 9.17) is 11.6 Å². The molecular formula is C25H19ClN2O3S. The number of carbonyl (C=O) groups is 2. The molecule has 0 aliphatic carbocycles. The SMILES string of the molecule is O=C1C(=O)N(CCc2c[nH]c3ccccc23)[C@@H](c2cccs2)C1=C(O)c1ccc(Cl)cc1. The molecule has 2 aromatic carbocycles. The van der Waals surface area contributed by atoms with E-state index in [-0.39, 0.29) is 11.3 Å². The van der Waals surface area contributed by atoms with Crippen LogP contribution in [-0.2, 0) is 16.0 Å². The molecule has 1 aliphatic rings. The number of rotatable bonds is 5. The summed E-state index contributed by atoms with van der Waals surface area (Å²) in [5.41, 5.74) is 2.66. The summed E-state index contributed by atoms with van der Waals surface area (Å²) in [4.78, 5) is 31.7. The molecule has 5 rings (SSSR count). The molecule has 3 heterocycles. The molecule has 0 spiro atoms. The van der Waals surface area contributed by atoms with Crippen LogP contribution in [0.5, 0.6) is 0 Å². The second-order valence-electron chi connectivity index (χ2n) is 7.62. The Morgan fingerprint density at radius 3 is 2.59 bits per heavy atom. The predicted octanol–water partition coefficient (Wildman–Crippen LogP) is 5.55. The van der Waals surface area contributed by atoms with Gasteiger partial charge in [-0.1, -0.05) is 35.9 Å². The highest BCUT2D eigenvalue weighted by Crippen LogP contribution is 2.41. The van der Waals surface area contributed by atoms with Crippen molar-refractivity contribution in [1.82, 2.24) is 9.88 Å². The molecule has 2 aromatic heterocycles. The number of aliphatic hydroxyl groups excluding tert-OH is 1. The largest absolute Gasteiger partial charge is 0.507 e. The van der Waals surface area contributed by atoms with Gasteiger partial charge in [0.15, 0.2) is 0 Å². The van der Waals surface area contributed by atoms with Crippen LogP contribution in [0.2, 0.25) is 5.02 Å². The maximum atomic E-state index is 13.0. The highest BCUT2D eigenvalue weighted by molar-refractivity contribution is 7.10. The lowest BCUT2D eigenvalue weighted by Crippen LogP contribution is -2.31. The Hall–Kier alpha value is -3.35. The summed E-state index contributed by atoms with van der Waals surface area (Å²) in [6, 6.07) is 17.7. The number of benzene rings is 2. The summed E-state index contributed by atoms with van der Waals surface area (Å²) < 4.78 is 0. The van der Waals surface area contributed by atoms with E-state index in [2.05, 4.69) is 4.98 Å². The molecule has 0 saturated carbocycles. The summed E-state index contributed by atoms with van der Waals surface area (Å²) in [6.45, 7) is 0.354. The molecule has 7 heteroatoms. The normalized spacial score (nSPS) is 18.0. The number of thiophene rings is 1. The highest BCUT2D eigenvalue weighted by atomic mass is 35.5. The third-order valence-electron chi connectivity index (χ3n) is 5.77. The lowest BCUT2D eigenvalue weighted by molar-refractivity contribution is -0.139. The van der Waals surface area contributed by atoms with Crippen molar-refractivity contribution in [2.24, 2.45) is 0 Å². The number of Topliss-reactive ketones (excluding diaryl/α,β-unsaturated/α-hetero) is 1. The Morgan fingerprint density at radius 1 is 1.06 bits per heavy atom. The smallest absolute Gasteiger partial charge is 0.295 e. The van der Waals surface area contributed by atoms with Crippen molar-refractivity contribution in [2.75, 3.05) is 6.54 Å². The first kappa shape index (κ1) is 20.5. The number of aliphatic hydroxyl groups is 1. The summed E-state index contributed by atoms with van der Waals surface area (Å²) in [5.74, 6) is -1.46. The molecule has 1 atom stereocenters. The number of H-pyrrole nitrogens is 1. The Labute approximate surface area is 193 Å². The van der Waals surface area contributed by atoms with E-state index in [1.54, 1.807) is 29.2 Å². The molecule has 32 heavy (non-hydrogen) atoms. The summed E-state index contributed by atoms with van der Waals surface area (Å²) in [5, 5.41) is 14.5. The topological polar surface area (TPSA) is 73.4 Å². The molecule has 0 bridgehead atoms. The fraction of sp³-hybridized carbons (Fsp3) is 0.120. The van der Waals surface area contributed by atoms with Crippen LogP contribution in [0.25, 0.3) is 16.7 Å². The van der Waals surface area contributed by atoms with Crippen LogP contribution in [0.1, 0.15) is 22.0 Å². The Balaban J connectivity index is 1.53. The molecular weight excluding hydrogens is 444 g/mol. The third-order valence-corrected chi connectivity index (χ3v) is 6.94. The number of carbonyl (C=O) groups excluding carboxylic acids is 2. The molecule has 1 fully saturated rings. The summed E-state index contributed by atoms with van der Waals surface area (Å²) in [7, 11) is 0. The number of para-hydroxylation sites is 1. The minimum Gasteiger partial charge on any atom is -0.507 e. The van der Waals surface area contributed by atoms with Crippen molar-refractivity contribution in [3.05, 3.63) is 98.8 Å². The molecule has 0 radical (unpaired) electrons. The average Bonchev–Trinajstić information content (AvgIpc) is 3.52. The van der Waals surface area contributed by atoms with Crippen molar-refractivity contribution in [3.8, 4) is 0 Å². The van der Waals surface area contributed by atoms with Gasteiger partial charge in [0, 0.05) is 39.1 Å². The second-order valence-corrected chi connectivity index (χ2v) is 9.04. The molecule has 1 aliphatic heterocycles. The molecule has 1 saturated heterocycles. The van der Waals surface area contributed by atoms with Gasteiger partial charge in [0.1, 0.15) is 5.76 Å². The number of nitrogens with zero attached hydrogens (tertiary/aromatic N) is 1. The molecule has 2 N–H and O–H groups in total. The Morgan fingerprint density at radius 2 is 1.84 bits per heavy atom. The molecule has 1 amide bonds. The zero-order valence-electron chi connectivity index (χ0n) is 16.9. The number of aromatic nitrogens is 1. The summed E-state index contributed by atoms with van der Waals surface area (Å²) in [6.07, 6.45) is 2.52. The van der Waals surface area contributed by atoms with E-state index in [0.29, 0.717) is 23.6 Å². The fourth-order valence-corrected chi connectivity index (χ4v) is 5.17. The van der Waals surface area contributed by atoms with Crippen LogP contribution in [0.4, 0.5) is 0 Å². The van der Waals surface area contributed by atoms with Gasteiger partial charge in [-0.25, -0.2) is 0 Å². The van der Waals surface area contributed by atoms with Crippen molar-refractivity contribution in [1.29, 1.82) is 0 Å². The quantitative estimate of drug-likeness (QED) is 0.232. The Kier molecular flexibility index (Phi) is 5.33. The van der Waals surface area contributed by atoms with Crippen LogP contribution in [0.15, 0.2) is 77.8 Å². The maximum Gasteiger partial charge on any atom is 0.295 e. The number of likely N-dealkylation sites (tertiary alicyclic amines) is 1. The van der Waals surface area contributed by atoms with Crippen molar-refractivity contribution in [2.45, 2.75) is 12.5 Å². The fourth-order valence-electron chi connectivity index (χ4n) is 4.20. The third kappa shape index (κ3) is 3.51. The number of fused-ring (bicyclic) bond motifs is 1. The number of halogens is 1. The number of hydrogen-bond acceptors (Lipinski definition) is 4. The molecule has 160 valence electrons. The predicted molar refractivity (Wildman–Crippen MR) is 127 cm³/mol. The first-order valence-electron chi connectivity index (χ1n) is 10.2. The van der Waals surface area contributed by atoms with Gasteiger partial charge in [0.2, 0.25) is 0 Å². The van der Waals surface area contributed by atoms with Crippen LogP contribution in [0, 0.1) is 0 Å². The van der Waals surface area contributed by atoms with Crippen LogP contribution in [-0.4, -0.2) is 33.2 Å². The first-order chi connectivity index (χ1) is 15.5. The van der Waals surface area contributed by atoms with Crippen LogP contribution >= 0.6 is 22.9 Å². The standard InChI is InChI=1S/C25H19ClN2O3S/c26-17-9-7-15(8-10-17)23(29)21-22(20-6-3-13-32-20)28(25(31)24(21)30)12-11-16-14-27-19-5-2-1-4-18(16)19/h1-10,13-14,22,27,29H,11-12H2/t22-/m0/s1. The van der Waals surface area contributed by atoms with Gasteiger partial charge >= 0.3 is 0 Å². The lowest BCUT2D eigenvalue weighted by atomic mass is 10.00. The van der Waals surface area contributed by atoms with Gasteiger partial charge in [-0.15, -0.1) is 11.3 Å². The molecule has 5 nitrogen and oxygen atoms in total. The number of nitrogens with one attached hydrogen (secondary N) is 1. The van der Waals surface area contributed by atoms with Gasteiger partial charge in [-0.3, -0.25) is 9.59 Å². The van der Waals surface area contributed by atoms with Crippen LogP contribution in [0.3, 0.4) is 0 Å². The lowest BCUT2D eigenvalue weighted by Gasteiger charge is -2.24. The number of hydrogen-bond donors (Lipinski definition) is 2. The minimum atomic E-state index is -0.672. The van der Waals surface area contributed by atoms with Gasteiger partial charge in [-0.2, -0.15) is 0 Å². The first-order valence-corrected chi connectivity index (χ1v) is 11.4. The summed E-state index contributed by atoms with van der Waals surface area (Å²) >= 11 is 7.42. The second kappa shape index (κ2) is 8.30. The van der Waals surface area contributed by atoms with E-state index in [0.717, 1.165) is 21.3 Å². The highest BCUT2D eigenvalue weighted by Gasteiger charge is 2.46. The van der Waals surface area contributed by atoms with Crippen molar-refractivity contribution >= 4 is 51.3 Å². The van der Waals surface area contributed by atoms with Gasteiger partial charge < -0.3 is 15.0 Å². The molecule has 0 unspecified atom stereocenters. The minimum absolute atomic E-state index is 0.110. The van der Waals surface area contributed by atoms with Crippen molar-refractivity contribution in [3.63, 3.8) is 0 Å². The van der Waals surface area contributed by atoms with Gasteiger partial charge in [-0.05, 0) is 53.8 Å². The zero-order chi connectivity index (χ0) is 22.2. The van der Waals surface area contributed by atoms with E-state index in [9.17, 15) is 14.7 Å². The van der Waals surface area contributed by atoms with Gasteiger partial charge in [0.05, 0.1) is 11.6 Å². The zero-order valence-corrected chi connectivity index (χ0v) is 18.5. The maximum absolute atomic E-state index is 13.0. The van der Waals surface area contributed by atoms with E-state index in [1.165, 1.54) is 11.3 Å². The van der Waals surface area contributed by atoms with E-state index >= 15 is 0 Å². The van der Waals surface area contributed by atoms with Crippen molar-refractivity contribution < 1.29 is 14.7 Å². The number of amides is 1. The number of ketones is 1. The Bertz CT molecular complexity index is 1340. The average molecular weight is 463 g/mol. The van der Waals surface area contributed by atoms with Gasteiger partial charge in [0.25, 0.3) is 11.7 Å². The molecule has 4 aromatic rings. The monoisotopic (exact) mass is 462 g/mol.